The first-order valence-corrected chi connectivity index (χ1v) is 7.50. The van der Waals surface area contributed by atoms with Crippen LogP contribution in [-0.2, 0) is 19.6 Å². The van der Waals surface area contributed by atoms with E-state index in [0.717, 1.165) is 24.2 Å². The molecule has 0 saturated carbocycles. The predicted octanol–water partition coefficient (Wildman–Crippen LogP) is 2.16. The molecule has 1 aliphatic rings. The van der Waals surface area contributed by atoms with Gasteiger partial charge in [0.05, 0.1) is 12.7 Å². The van der Waals surface area contributed by atoms with Gasteiger partial charge in [-0.2, -0.15) is 5.10 Å². The quantitative estimate of drug-likeness (QED) is 0.857. The molecule has 0 amide bonds. The first kappa shape index (κ1) is 15.3. The van der Waals surface area contributed by atoms with E-state index in [2.05, 4.69) is 16.6 Å². The predicted molar refractivity (Wildman–Crippen MR) is 85.4 cm³/mol. The van der Waals surface area contributed by atoms with Gasteiger partial charge in [0.1, 0.15) is 17.9 Å². The number of hydrogen-bond acceptors (Lipinski definition) is 4. The normalized spacial score (nSPS) is 14.6. The minimum atomic E-state index is -0.957. The number of allylic oxidation sites excluding steroid dienone is 1. The zero-order valence-electron chi connectivity index (χ0n) is 12.8. The molecule has 1 N–H and O–H groups in total. The van der Waals surface area contributed by atoms with Crippen molar-refractivity contribution in [2.75, 3.05) is 13.2 Å². The van der Waals surface area contributed by atoms with Gasteiger partial charge in [-0.15, -0.1) is 6.58 Å². The zero-order chi connectivity index (χ0) is 16.2. The Balaban J connectivity index is 1.77. The minimum absolute atomic E-state index is 0.225. The summed E-state index contributed by atoms with van der Waals surface area (Å²) in [6.45, 7) is 7.00. The summed E-state index contributed by atoms with van der Waals surface area (Å²) in [7, 11) is 0. The Kier molecular flexibility index (Phi) is 4.43. The summed E-state index contributed by atoms with van der Waals surface area (Å²) in [5.74, 6) is -0.467. The molecule has 0 spiro atoms. The Morgan fingerprint density at radius 1 is 1.48 bits per heavy atom. The molecule has 1 aromatic carbocycles. The average Bonchev–Trinajstić information content (AvgIpc) is 2.85. The number of benzene rings is 1. The van der Waals surface area contributed by atoms with E-state index in [0.29, 0.717) is 25.4 Å². The summed E-state index contributed by atoms with van der Waals surface area (Å²) in [5, 5.41) is 13.6. The number of para-hydroxylation sites is 1. The number of rotatable bonds is 5. The van der Waals surface area contributed by atoms with E-state index in [4.69, 9.17) is 4.74 Å². The third kappa shape index (κ3) is 3.43. The van der Waals surface area contributed by atoms with Crippen molar-refractivity contribution in [3.05, 3.63) is 59.9 Å². The number of aromatic nitrogens is 2. The molecule has 2 aromatic rings. The first-order valence-electron chi connectivity index (χ1n) is 7.50. The van der Waals surface area contributed by atoms with Crippen LogP contribution < -0.4 is 4.74 Å². The highest BCUT2D eigenvalue weighted by Gasteiger charge is 2.21. The smallest absolute Gasteiger partial charge is 0.339 e. The third-order valence-electron chi connectivity index (χ3n) is 3.78. The van der Waals surface area contributed by atoms with Crippen molar-refractivity contribution >= 4 is 5.97 Å². The maximum Gasteiger partial charge on any atom is 0.339 e. The molecular weight excluding hydrogens is 294 g/mol. The maximum atomic E-state index is 11.3. The second-order valence-electron chi connectivity index (χ2n) is 5.52. The Labute approximate surface area is 134 Å². The van der Waals surface area contributed by atoms with Gasteiger partial charge in [0.2, 0.25) is 0 Å². The van der Waals surface area contributed by atoms with Crippen LogP contribution in [0.4, 0.5) is 0 Å². The summed E-state index contributed by atoms with van der Waals surface area (Å²) in [6, 6.07) is 5.26. The van der Waals surface area contributed by atoms with Crippen LogP contribution in [0.5, 0.6) is 5.75 Å². The van der Waals surface area contributed by atoms with E-state index < -0.39 is 5.97 Å². The molecule has 23 heavy (non-hydrogen) atoms. The van der Waals surface area contributed by atoms with E-state index in [1.165, 1.54) is 0 Å². The van der Waals surface area contributed by atoms with Gasteiger partial charge in [0.15, 0.2) is 0 Å². The number of fused-ring (bicyclic) bond motifs is 1. The molecule has 6 heteroatoms. The molecule has 0 aliphatic carbocycles. The number of aromatic carboxylic acids is 1. The molecule has 6 nitrogen and oxygen atoms in total. The Morgan fingerprint density at radius 3 is 3.13 bits per heavy atom. The first-order chi connectivity index (χ1) is 11.2. The molecule has 0 bridgehead atoms. The molecule has 0 fully saturated rings. The summed E-state index contributed by atoms with van der Waals surface area (Å²) < 4.78 is 7.54. The molecule has 0 radical (unpaired) electrons. The number of hydrogen-bond donors (Lipinski definition) is 1. The van der Waals surface area contributed by atoms with Gasteiger partial charge in [-0.05, 0) is 6.07 Å². The molecule has 3 rings (SSSR count). The Bertz CT molecular complexity index is 724. The number of ether oxygens (including phenoxy) is 1. The summed E-state index contributed by atoms with van der Waals surface area (Å²) in [6.07, 6.45) is 5.66. The second-order valence-corrected chi connectivity index (χ2v) is 5.52. The van der Waals surface area contributed by atoms with Crippen molar-refractivity contribution in [3.8, 4) is 5.75 Å². The fraction of sp³-hybridized carbons (Fsp3) is 0.294. The van der Waals surface area contributed by atoms with E-state index >= 15 is 0 Å². The Hall–Kier alpha value is -2.60. The van der Waals surface area contributed by atoms with Gasteiger partial charge in [0.25, 0.3) is 0 Å². The minimum Gasteiger partial charge on any atom is -0.491 e. The summed E-state index contributed by atoms with van der Waals surface area (Å²) >= 11 is 0. The lowest BCUT2D eigenvalue weighted by Gasteiger charge is -2.18. The van der Waals surface area contributed by atoms with Gasteiger partial charge in [-0.3, -0.25) is 9.58 Å². The molecule has 2 heterocycles. The van der Waals surface area contributed by atoms with Gasteiger partial charge in [0, 0.05) is 37.0 Å². The monoisotopic (exact) mass is 313 g/mol. The largest absolute Gasteiger partial charge is 0.491 e. The average molecular weight is 313 g/mol. The number of carboxylic acid groups (broad SMARTS) is 1. The zero-order valence-corrected chi connectivity index (χ0v) is 12.8. The van der Waals surface area contributed by atoms with Crippen LogP contribution in [0.15, 0.2) is 43.2 Å². The standard InChI is InChI=1S/C17H19N3O3/c1-2-6-20-11-13(9-18-20)10-19-7-8-23-16-14(12-19)4-3-5-15(16)17(21)22/h2-5,9,11H,1,6-8,10,12H2,(H,21,22). The molecule has 120 valence electrons. The molecule has 0 atom stereocenters. The number of nitrogens with zero attached hydrogens (tertiary/aromatic N) is 3. The summed E-state index contributed by atoms with van der Waals surface area (Å²) in [5.41, 5.74) is 2.24. The molecule has 1 aliphatic heterocycles. The van der Waals surface area contributed by atoms with Crippen molar-refractivity contribution in [1.29, 1.82) is 0 Å². The van der Waals surface area contributed by atoms with Crippen molar-refractivity contribution in [2.24, 2.45) is 0 Å². The van der Waals surface area contributed by atoms with Gasteiger partial charge >= 0.3 is 5.97 Å². The van der Waals surface area contributed by atoms with Crippen LogP contribution in [-0.4, -0.2) is 38.9 Å². The van der Waals surface area contributed by atoms with Crippen molar-refractivity contribution in [2.45, 2.75) is 19.6 Å². The lowest BCUT2D eigenvalue weighted by molar-refractivity contribution is 0.0692. The van der Waals surface area contributed by atoms with Crippen molar-refractivity contribution < 1.29 is 14.6 Å². The topological polar surface area (TPSA) is 67.6 Å². The lowest BCUT2D eigenvalue weighted by Crippen LogP contribution is -2.25. The van der Waals surface area contributed by atoms with Crippen LogP contribution in [0.2, 0.25) is 0 Å². The van der Waals surface area contributed by atoms with Crippen LogP contribution in [0, 0.1) is 0 Å². The van der Waals surface area contributed by atoms with E-state index in [1.807, 2.05) is 23.1 Å². The van der Waals surface area contributed by atoms with Crippen molar-refractivity contribution in [3.63, 3.8) is 0 Å². The fourth-order valence-electron chi connectivity index (χ4n) is 2.76. The van der Waals surface area contributed by atoms with Gasteiger partial charge in [-0.25, -0.2) is 4.79 Å². The van der Waals surface area contributed by atoms with Gasteiger partial charge in [-0.1, -0.05) is 18.2 Å². The number of carbonyl (C=O) groups is 1. The fourth-order valence-corrected chi connectivity index (χ4v) is 2.76. The van der Waals surface area contributed by atoms with Crippen molar-refractivity contribution in [1.82, 2.24) is 14.7 Å². The van der Waals surface area contributed by atoms with E-state index in [-0.39, 0.29) is 5.56 Å². The van der Waals surface area contributed by atoms with E-state index in [1.54, 1.807) is 18.2 Å². The van der Waals surface area contributed by atoms with E-state index in [9.17, 15) is 9.90 Å². The summed E-state index contributed by atoms with van der Waals surface area (Å²) in [4.78, 5) is 13.5. The van der Waals surface area contributed by atoms with Crippen LogP contribution in [0.3, 0.4) is 0 Å². The highest BCUT2D eigenvalue weighted by atomic mass is 16.5. The highest BCUT2D eigenvalue weighted by Crippen LogP contribution is 2.28. The highest BCUT2D eigenvalue weighted by molar-refractivity contribution is 5.91. The molecule has 1 aromatic heterocycles. The third-order valence-corrected chi connectivity index (χ3v) is 3.78. The SMILES string of the molecule is C=CCn1cc(CN2CCOc3c(cccc3C(=O)O)C2)cn1. The molecule has 0 saturated heterocycles. The van der Waals surface area contributed by atoms with Crippen LogP contribution in [0.25, 0.3) is 0 Å². The molecular formula is C17H19N3O3. The van der Waals surface area contributed by atoms with Crippen LogP contribution >= 0.6 is 0 Å². The van der Waals surface area contributed by atoms with Gasteiger partial charge < -0.3 is 9.84 Å². The maximum absolute atomic E-state index is 11.3. The lowest BCUT2D eigenvalue weighted by atomic mass is 10.1. The van der Waals surface area contributed by atoms with Crippen LogP contribution in [0.1, 0.15) is 21.5 Å². The molecule has 0 unspecified atom stereocenters. The Morgan fingerprint density at radius 2 is 2.35 bits per heavy atom. The second kappa shape index (κ2) is 6.66. The number of carboxylic acids is 1.